The lowest BCUT2D eigenvalue weighted by molar-refractivity contribution is 0.00785. The van der Waals surface area contributed by atoms with Crippen LogP contribution in [0.2, 0.25) is 0 Å². The van der Waals surface area contributed by atoms with Crippen LogP contribution in [0.25, 0.3) is 10.9 Å². The van der Waals surface area contributed by atoms with E-state index in [-0.39, 0.29) is 6.09 Å². The number of aromatic amines is 1. The number of nitrogens with one attached hydrogen (secondary N) is 1. The van der Waals surface area contributed by atoms with Gasteiger partial charge in [0.05, 0.1) is 6.67 Å². The largest absolute Gasteiger partial charge is 0.444 e. The van der Waals surface area contributed by atoms with Gasteiger partial charge in [-0.05, 0) is 32.4 Å². The zero-order chi connectivity index (χ0) is 19.0. The first kappa shape index (κ1) is 18.3. The van der Waals surface area contributed by atoms with Crippen molar-refractivity contribution >= 4 is 17.0 Å². The van der Waals surface area contributed by atoms with E-state index in [1.165, 1.54) is 22.2 Å². The predicted octanol–water partition coefficient (Wildman–Crippen LogP) is 3.04. The molecular weight excluding hydrogens is 340 g/mol. The van der Waals surface area contributed by atoms with Gasteiger partial charge >= 0.3 is 6.09 Å². The molecule has 1 aromatic heterocycles. The molecule has 0 spiro atoms. The zero-order valence-electron chi connectivity index (χ0n) is 16.6. The molecule has 2 aromatic rings. The fourth-order valence-electron chi connectivity index (χ4n) is 4.02. The number of carbonyl (C=O) groups is 1. The van der Waals surface area contributed by atoms with E-state index in [0.717, 1.165) is 52.4 Å². The standard InChI is InChI=1S/C21H30N4O2/c1-21(2,3)27-20(26)25-12-10-23(11-13-25)15-24-9-8-19-17(14-24)16-6-4-5-7-18(16)22-19/h4-7,22H,8-15H2,1-3H3. The highest BCUT2D eigenvalue weighted by Crippen LogP contribution is 2.27. The normalized spacial score (nSPS) is 19.3. The Bertz CT molecular complexity index is 815. The Balaban J connectivity index is 1.32. The maximum Gasteiger partial charge on any atom is 0.410 e. The quantitative estimate of drug-likeness (QED) is 0.883. The number of benzene rings is 1. The number of aromatic nitrogens is 1. The van der Waals surface area contributed by atoms with Crippen LogP contribution in [0.3, 0.4) is 0 Å². The summed E-state index contributed by atoms with van der Waals surface area (Å²) in [5.41, 5.74) is 3.65. The first-order chi connectivity index (χ1) is 12.9. The lowest BCUT2D eigenvalue weighted by Crippen LogP contribution is -2.52. The van der Waals surface area contributed by atoms with Crippen molar-refractivity contribution in [2.75, 3.05) is 39.4 Å². The fourth-order valence-corrected chi connectivity index (χ4v) is 4.02. The van der Waals surface area contributed by atoms with E-state index in [9.17, 15) is 4.79 Å². The molecule has 2 aliphatic heterocycles. The monoisotopic (exact) mass is 370 g/mol. The second-order valence-electron chi connectivity index (χ2n) is 8.66. The first-order valence-electron chi connectivity index (χ1n) is 9.90. The van der Waals surface area contributed by atoms with Crippen LogP contribution in [0.5, 0.6) is 0 Å². The maximum atomic E-state index is 12.2. The van der Waals surface area contributed by atoms with Gasteiger partial charge in [0.15, 0.2) is 0 Å². The van der Waals surface area contributed by atoms with Gasteiger partial charge in [-0.3, -0.25) is 9.80 Å². The van der Waals surface area contributed by atoms with Crippen molar-refractivity contribution in [1.82, 2.24) is 19.7 Å². The molecule has 6 heteroatoms. The number of H-pyrrole nitrogens is 1. The number of rotatable bonds is 2. The summed E-state index contributed by atoms with van der Waals surface area (Å²) in [6.45, 7) is 12.0. The van der Waals surface area contributed by atoms with Gasteiger partial charge in [-0.2, -0.15) is 0 Å². The van der Waals surface area contributed by atoms with Crippen molar-refractivity contribution in [3.8, 4) is 0 Å². The molecular formula is C21H30N4O2. The fraction of sp³-hybridized carbons (Fsp3) is 0.571. The van der Waals surface area contributed by atoms with Crippen LogP contribution in [0.1, 0.15) is 32.0 Å². The molecule has 1 saturated heterocycles. The Morgan fingerprint density at radius 1 is 1.07 bits per heavy atom. The van der Waals surface area contributed by atoms with Crippen LogP contribution in [0.15, 0.2) is 24.3 Å². The van der Waals surface area contributed by atoms with E-state index in [1.807, 2.05) is 25.7 Å². The summed E-state index contributed by atoms with van der Waals surface area (Å²) in [6.07, 6.45) is 0.880. The average Bonchev–Trinajstić information content (AvgIpc) is 2.99. The van der Waals surface area contributed by atoms with Crippen molar-refractivity contribution in [3.05, 3.63) is 35.5 Å². The molecule has 0 radical (unpaired) electrons. The third kappa shape index (κ3) is 4.12. The molecule has 6 nitrogen and oxygen atoms in total. The number of hydrogen-bond donors (Lipinski definition) is 1. The summed E-state index contributed by atoms with van der Waals surface area (Å²) in [5, 5.41) is 1.35. The summed E-state index contributed by atoms with van der Waals surface area (Å²) >= 11 is 0. The summed E-state index contributed by atoms with van der Waals surface area (Å²) in [7, 11) is 0. The second kappa shape index (κ2) is 7.17. The van der Waals surface area contributed by atoms with Crippen molar-refractivity contribution < 1.29 is 9.53 Å². The molecule has 1 fully saturated rings. The minimum atomic E-state index is -0.431. The van der Waals surface area contributed by atoms with Crippen LogP contribution in [0, 0.1) is 0 Å². The number of nitrogens with zero attached hydrogens (tertiary/aromatic N) is 3. The highest BCUT2D eigenvalue weighted by atomic mass is 16.6. The number of para-hydroxylation sites is 1. The average molecular weight is 370 g/mol. The van der Waals surface area contributed by atoms with E-state index in [2.05, 4.69) is 39.0 Å². The smallest absolute Gasteiger partial charge is 0.410 e. The van der Waals surface area contributed by atoms with E-state index >= 15 is 0 Å². The van der Waals surface area contributed by atoms with Gasteiger partial charge in [-0.1, -0.05) is 18.2 Å². The van der Waals surface area contributed by atoms with Gasteiger partial charge in [0.2, 0.25) is 0 Å². The second-order valence-corrected chi connectivity index (χ2v) is 8.66. The van der Waals surface area contributed by atoms with E-state index in [4.69, 9.17) is 4.74 Å². The third-order valence-electron chi connectivity index (χ3n) is 5.39. The van der Waals surface area contributed by atoms with Crippen LogP contribution in [-0.2, 0) is 17.7 Å². The van der Waals surface area contributed by atoms with Gasteiger partial charge in [-0.25, -0.2) is 4.79 Å². The molecule has 0 aliphatic carbocycles. The summed E-state index contributed by atoms with van der Waals surface area (Å²) in [5.74, 6) is 0. The molecule has 0 saturated carbocycles. The van der Waals surface area contributed by atoms with Crippen LogP contribution >= 0.6 is 0 Å². The molecule has 27 heavy (non-hydrogen) atoms. The first-order valence-corrected chi connectivity index (χ1v) is 9.90. The highest BCUT2D eigenvalue weighted by Gasteiger charge is 2.27. The molecule has 0 atom stereocenters. The van der Waals surface area contributed by atoms with Crippen LogP contribution < -0.4 is 0 Å². The lowest BCUT2D eigenvalue weighted by Gasteiger charge is -2.38. The Hall–Kier alpha value is -2.05. The summed E-state index contributed by atoms with van der Waals surface area (Å²) in [4.78, 5) is 22.6. The number of ether oxygens (including phenoxy) is 1. The number of piperazine rings is 1. The van der Waals surface area contributed by atoms with Gasteiger partial charge < -0.3 is 14.6 Å². The number of carbonyl (C=O) groups excluding carboxylic acids is 1. The van der Waals surface area contributed by atoms with Gasteiger partial charge in [0.1, 0.15) is 5.60 Å². The van der Waals surface area contributed by atoms with E-state index < -0.39 is 5.60 Å². The third-order valence-corrected chi connectivity index (χ3v) is 5.39. The Morgan fingerprint density at radius 2 is 1.81 bits per heavy atom. The van der Waals surface area contributed by atoms with Gasteiger partial charge in [0, 0.05) is 62.3 Å². The molecule has 3 heterocycles. The Kier molecular flexibility index (Phi) is 4.86. The molecule has 4 rings (SSSR count). The molecule has 1 amide bonds. The number of amides is 1. The van der Waals surface area contributed by atoms with Crippen LogP contribution in [-0.4, -0.2) is 70.8 Å². The van der Waals surface area contributed by atoms with Crippen LogP contribution in [0.4, 0.5) is 4.79 Å². The maximum absolute atomic E-state index is 12.2. The number of fused-ring (bicyclic) bond motifs is 3. The van der Waals surface area contributed by atoms with E-state index in [0.29, 0.717) is 0 Å². The predicted molar refractivity (Wildman–Crippen MR) is 107 cm³/mol. The van der Waals surface area contributed by atoms with Crippen molar-refractivity contribution in [1.29, 1.82) is 0 Å². The molecule has 1 N–H and O–H groups in total. The number of hydrogen-bond acceptors (Lipinski definition) is 4. The molecule has 2 aliphatic rings. The molecule has 0 unspecified atom stereocenters. The highest BCUT2D eigenvalue weighted by molar-refractivity contribution is 5.84. The topological polar surface area (TPSA) is 51.8 Å². The molecule has 1 aromatic carbocycles. The Labute approximate surface area is 161 Å². The SMILES string of the molecule is CC(C)(C)OC(=O)N1CCN(CN2CCc3[nH]c4ccccc4c3C2)CC1. The minimum Gasteiger partial charge on any atom is -0.444 e. The minimum absolute atomic E-state index is 0.191. The summed E-state index contributed by atoms with van der Waals surface area (Å²) in [6, 6.07) is 8.58. The van der Waals surface area contributed by atoms with E-state index in [1.54, 1.807) is 0 Å². The lowest BCUT2D eigenvalue weighted by atomic mass is 10.0. The van der Waals surface area contributed by atoms with Crippen molar-refractivity contribution in [3.63, 3.8) is 0 Å². The summed E-state index contributed by atoms with van der Waals surface area (Å²) < 4.78 is 5.49. The Morgan fingerprint density at radius 3 is 2.56 bits per heavy atom. The zero-order valence-corrected chi connectivity index (χ0v) is 16.6. The molecule has 0 bridgehead atoms. The van der Waals surface area contributed by atoms with Gasteiger partial charge in [-0.15, -0.1) is 0 Å². The van der Waals surface area contributed by atoms with Gasteiger partial charge in [0.25, 0.3) is 0 Å². The van der Waals surface area contributed by atoms with Crippen molar-refractivity contribution in [2.24, 2.45) is 0 Å². The molecule has 146 valence electrons. The van der Waals surface area contributed by atoms with Crippen molar-refractivity contribution in [2.45, 2.75) is 39.3 Å².